The number of hydrogen-bond acceptors (Lipinski definition) is 8. The summed E-state index contributed by atoms with van der Waals surface area (Å²) >= 11 is 1.56. The van der Waals surface area contributed by atoms with E-state index >= 15 is 0 Å². The van der Waals surface area contributed by atoms with Gasteiger partial charge >= 0.3 is 5.97 Å². The van der Waals surface area contributed by atoms with Crippen molar-refractivity contribution in [2.75, 3.05) is 12.9 Å². The second-order valence-corrected chi connectivity index (χ2v) is 7.34. The lowest BCUT2D eigenvalue weighted by molar-refractivity contribution is -0.139. The average molecular weight is 397 g/mol. The largest absolute Gasteiger partial charge is 0.469 e. The van der Waals surface area contributed by atoms with Crippen molar-refractivity contribution >= 4 is 34.7 Å². The molecule has 0 saturated heterocycles. The van der Waals surface area contributed by atoms with E-state index in [0.29, 0.717) is 27.8 Å². The van der Waals surface area contributed by atoms with Crippen molar-refractivity contribution in [1.29, 1.82) is 0 Å². The molecule has 3 heterocycles. The van der Waals surface area contributed by atoms with Gasteiger partial charge in [0.15, 0.2) is 11.2 Å². The van der Waals surface area contributed by atoms with Crippen LogP contribution in [0.1, 0.15) is 24.6 Å². The molecular formula is C18H19N7O2S. The Morgan fingerprint density at radius 3 is 2.68 bits per heavy atom. The summed E-state index contributed by atoms with van der Waals surface area (Å²) < 4.78 is 8.15. The Labute approximate surface area is 165 Å². The van der Waals surface area contributed by atoms with Crippen molar-refractivity contribution in [3.05, 3.63) is 35.5 Å². The molecule has 10 heteroatoms. The van der Waals surface area contributed by atoms with E-state index in [0.717, 1.165) is 23.4 Å². The number of ether oxygens (including phenoxy) is 1. The highest BCUT2D eigenvalue weighted by molar-refractivity contribution is 7.99. The van der Waals surface area contributed by atoms with Crippen LogP contribution in [0.25, 0.3) is 22.6 Å². The summed E-state index contributed by atoms with van der Waals surface area (Å²) in [7, 11) is 1.35. The van der Waals surface area contributed by atoms with Gasteiger partial charge in [-0.15, -0.1) is 15.3 Å². The number of fused-ring (bicyclic) bond motifs is 3. The fourth-order valence-electron chi connectivity index (χ4n) is 2.77. The smallest absolute Gasteiger partial charge is 0.311 e. The van der Waals surface area contributed by atoms with Crippen molar-refractivity contribution in [2.45, 2.75) is 31.8 Å². The molecule has 0 aliphatic carbocycles. The lowest BCUT2D eigenvalue weighted by atomic mass is 10.2. The third kappa shape index (κ3) is 3.31. The maximum absolute atomic E-state index is 11.8. The molecule has 4 rings (SSSR count). The Bertz CT molecular complexity index is 1150. The highest BCUT2D eigenvalue weighted by Gasteiger charge is 2.21. The first-order chi connectivity index (χ1) is 13.6. The zero-order valence-electron chi connectivity index (χ0n) is 15.8. The van der Waals surface area contributed by atoms with E-state index in [4.69, 9.17) is 4.74 Å². The topological polar surface area (TPSA) is 100 Å². The highest BCUT2D eigenvalue weighted by Crippen LogP contribution is 2.23. The molecule has 0 unspecified atom stereocenters. The Hall–Kier alpha value is -3.01. The van der Waals surface area contributed by atoms with E-state index in [9.17, 15) is 4.79 Å². The Kier molecular flexibility index (Phi) is 4.95. The van der Waals surface area contributed by atoms with E-state index in [1.54, 1.807) is 21.0 Å². The second kappa shape index (κ2) is 7.55. The third-order valence-corrected chi connectivity index (χ3v) is 5.21. The number of benzene rings is 1. The second-order valence-electron chi connectivity index (χ2n) is 6.27. The van der Waals surface area contributed by atoms with Gasteiger partial charge in [0.25, 0.3) is 5.78 Å². The van der Waals surface area contributed by atoms with Gasteiger partial charge in [-0.25, -0.2) is 4.68 Å². The maximum atomic E-state index is 11.8. The van der Waals surface area contributed by atoms with Gasteiger partial charge in [0, 0.05) is 5.75 Å². The first-order valence-electron chi connectivity index (χ1n) is 8.88. The van der Waals surface area contributed by atoms with Gasteiger partial charge in [-0.2, -0.15) is 14.6 Å². The Morgan fingerprint density at radius 1 is 1.18 bits per heavy atom. The van der Waals surface area contributed by atoms with Crippen LogP contribution in [0.5, 0.6) is 0 Å². The van der Waals surface area contributed by atoms with Crippen molar-refractivity contribution in [3.63, 3.8) is 0 Å². The minimum Gasteiger partial charge on any atom is -0.469 e. The SMILES string of the molecule is CCCSc1nc2nnc3c(CC(=O)OC)nn(-c4ccc(C)cc4)c3n2n1. The minimum absolute atomic E-state index is 0.00180. The summed E-state index contributed by atoms with van der Waals surface area (Å²) in [6, 6.07) is 7.91. The fourth-order valence-corrected chi connectivity index (χ4v) is 3.45. The van der Waals surface area contributed by atoms with Crippen LogP contribution in [0.4, 0.5) is 0 Å². The first kappa shape index (κ1) is 18.4. The molecule has 0 N–H and O–H groups in total. The normalized spacial score (nSPS) is 11.4. The van der Waals surface area contributed by atoms with E-state index in [-0.39, 0.29) is 6.42 Å². The number of thioether (sulfide) groups is 1. The van der Waals surface area contributed by atoms with Crippen LogP contribution < -0.4 is 0 Å². The summed E-state index contributed by atoms with van der Waals surface area (Å²) in [5.41, 5.74) is 3.56. The predicted molar refractivity (Wildman–Crippen MR) is 105 cm³/mol. The van der Waals surface area contributed by atoms with Gasteiger partial charge in [-0.3, -0.25) is 4.79 Å². The molecule has 0 atom stereocenters. The van der Waals surface area contributed by atoms with Crippen molar-refractivity contribution < 1.29 is 9.53 Å². The maximum Gasteiger partial charge on any atom is 0.311 e. The van der Waals surface area contributed by atoms with Gasteiger partial charge in [0.05, 0.1) is 19.2 Å². The molecule has 0 aliphatic heterocycles. The number of carbonyl (C=O) groups excluding carboxylic acids is 1. The molecule has 3 aromatic heterocycles. The molecule has 0 saturated carbocycles. The van der Waals surface area contributed by atoms with Crippen LogP contribution in [0.2, 0.25) is 0 Å². The zero-order valence-corrected chi connectivity index (χ0v) is 16.6. The molecule has 0 aliphatic rings. The van der Waals surface area contributed by atoms with E-state index in [2.05, 4.69) is 32.3 Å². The van der Waals surface area contributed by atoms with Gasteiger partial charge < -0.3 is 4.74 Å². The van der Waals surface area contributed by atoms with Crippen molar-refractivity contribution in [3.8, 4) is 5.69 Å². The lowest BCUT2D eigenvalue weighted by Gasteiger charge is -2.04. The van der Waals surface area contributed by atoms with Gasteiger partial charge in [0.2, 0.25) is 5.16 Å². The van der Waals surface area contributed by atoms with Gasteiger partial charge in [-0.1, -0.05) is 36.4 Å². The summed E-state index contributed by atoms with van der Waals surface area (Å²) in [5, 5.41) is 18.3. The summed E-state index contributed by atoms with van der Waals surface area (Å²) in [6.07, 6.45) is 1.02. The fraction of sp³-hybridized carbons (Fsp3) is 0.333. The van der Waals surface area contributed by atoms with Crippen LogP contribution in [0, 0.1) is 6.92 Å². The molecule has 144 valence electrons. The van der Waals surface area contributed by atoms with Crippen molar-refractivity contribution in [2.24, 2.45) is 0 Å². The molecule has 9 nitrogen and oxygen atoms in total. The number of nitrogens with zero attached hydrogens (tertiary/aromatic N) is 7. The summed E-state index contributed by atoms with van der Waals surface area (Å²) in [5.74, 6) is 0.914. The Morgan fingerprint density at radius 2 is 1.96 bits per heavy atom. The molecular weight excluding hydrogens is 378 g/mol. The molecule has 28 heavy (non-hydrogen) atoms. The molecule has 0 amide bonds. The van der Waals surface area contributed by atoms with Crippen LogP contribution in [-0.4, -0.2) is 53.4 Å². The third-order valence-electron chi connectivity index (χ3n) is 4.17. The molecule has 0 spiro atoms. The number of rotatable bonds is 6. The number of esters is 1. The minimum atomic E-state index is -0.393. The molecule has 0 radical (unpaired) electrons. The van der Waals surface area contributed by atoms with Crippen LogP contribution in [0.3, 0.4) is 0 Å². The van der Waals surface area contributed by atoms with Crippen LogP contribution in [0.15, 0.2) is 29.4 Å². The predicted octanol–water partition coefficient (Wildman–Crippen LogP) is 2.38. The molecule has 0 fully saturated rings. The molecule has 4 aromatic rings. The standard InChI is InChI=1S/C18H19N7O2S/c1-4-9-28-18-19-17-21-20-15-13(10-14(26)27-3)22-24(16(15)25(17)23-18)12-7-5-11(2)6-8-12/h5-8H,4,9-10H2,1-3H3. The monoisotopic (exact) mass is 397 g/mol. The van der Waals surface area contributed by atoms with Crippen LogP contribution in [-0.2, 0) is 16.0 Å². The summed E-state index contributed by atoms with van der Waals surface area (Å²) in [6.45, 7) is 4.12. The first-order valence-corrected chi connectivity index (χ1v) is 9.87. The number of hydrogen-bond donors (Lipinski definition) is 0. The number of carbonyl (C=O) groups is 1. The Balaban J connectivity index is 1.95. The number of methoxy groups -OCH3 is 1. The number of aromatic nitrogens is 7. The van der Waals surface area contributed by atoms with Crippen molar-refractivity contribution in [1.82, 2.24) is 34.6 Å². The zero-order chi connectivity index (χ0) is 19.7. The number of aryl methyl sites for hydroxylation is 1. The molecule has 0 bridgehead atoms. The van der Waals surface area contributed by atoms with Gasteiger partial charge in [-0.05, 0) is 25.5 Å². The van der Waals surface area contributed by atoms with E-state index < -0.39 is 5.97 Å². The lowest BCUT2D eigenvalue weighted by Crippen LogP contribution is -2.06. The van der Waals surface area contributed by atoms with Crippen LogP contribution >= 0.6 is 11.8 Å². The molecule has 1 aromatic carbocycles. The quantitative estimate of drug-likeness (QED) is 0.361. The average Bonchev–Trinajstić information content (AvgIpc) is 3.28. The summed E-state index contributed by atoms with van der Waals surface area (Å²) in [4.78, 5) is 16.3. The highest BCUT2D eigenvalue weighted by atomic mass is 32.2. The van der Waals surface area contributed by atoms with E-state index in [1.807, 2.05) is 31.2 Å². The van der Waals surface area contributed by atoms with Gasteiger partial charge in [0.1, 0.15) is 5.69 Å². The van der Waals surface area contributed by atoms with E-state index in [1.165, 1.54) is 7.11 Å².